The highest BCUT2D eigenvalue weighted by atomic mass is 32.1. The second kappa shape index (κ2) is 8.41. The van der Waals surface area contributed by atoms with E-state index in [2.05, 4.69) is 25.8 Å². The number of tetrazole rings is 1. The second-order valence-electron chi connectivity index (χ2n) is 8.38. The molecule has 0 saturated heterocycles. The molecule has 0 unspecified atom stereocenters. The zero-order valence-electron chi connectivity index (χ0n) is 18.4. The summed E-state index contributed by atoms with van der Waals surface area (Å²) < 4.78 is 3.53. The van der Waals surface area contributed by atoms with Crippen molar-refractivity contribution in [2.75, 3.05) is 5.32 Å². The summed E-state index contributed by atoms with van der Waals surface area (Å²) >= 11 is 5.44. The molecule has 172 valence electrons. The lowest BCUT2D eigenvalue weighted by Crippen LogP contribution is -2.21. The van der Waals surface area contributed by atoms with Crippen LogP contribution in [0.5, 0.6) is 0 Å². The van der Waals surface area contributed by atoms with Crippen LogP contribution in [0.1, 0.15) is 29.2 Å². The van der Waals surface area contributed by atoms with Crippen LogP contribution in [0.4, 0.5) is 5.69 Å². The number of hydrogen-bond acceptors (Lipinski definition) is 6. The highest BCUT2D eigenvalue weighted by Gasteiger charge is 2.28. The third kappa shape index (κ3) is 3.93. The first-order valence-corrected chi connectivity index (χ1v) is 11.5. The number of rotatable bonds is 5. The summed E-state index contributed by atoms with van der Waals surface area (Å²) in [5.74, 6) is 0.369. The minimum atomic E-state index is -0.308. The number of hydrogen-bond donors (Lipinski definition) is 2. The molecule has 1 fully saturated rings. The molecule has 5 aromatic rings. The molecule has 35 heavy (non-hydrogen) atoms. The van der Waals surface area contributed by atoms with E-state index in [1.54, 1.807) is 24.3 Å². The zero-order valence-corrected chi connectivity index (χ0v) is 19.2. The van der Waals surface area contributed by atoms with Gasteiger partial charge in [0.15, 0.2) is 10.6 Å². The largest absolute Gasteiger partial charge is 0.331 e. The van der Waals surface area contributed by atoms with Crippen molar-refractivity contribution in [3.63, 3.8) is 0 Å². The molecular formula is C25H19N7O2S. The molecule has 2 aromatic heterocycles. The van der Waals surface area contributed by atoms with E-state index in [1.165, 1.54) is 4.57 Å². The lowest BCUT2D eigenvalue weighted by Gasteiger charge is -2.10. The molecule has 1 amide bonds. The molecule has 0 radical (unpaired) electrons. The summed E-state index contributed by atoms with van der Waals surface area (Å²) in [6.07, 6.45) is 2.13. The van der Waals surface area contributed by atoms with E-state index in [9.17, 15) is 9.59 Å². The quantitative estimate of drug-likeness (QED) is 0.363. The van der Waals surface area contributed by atoms with Gasteiger partial charge in [0.1, 0.15) is 0 Å². The molecule has 3 aromatic carbocycles. The van der Waals surface area contributed by atoms with Crippen molar-refractivity contribution in [3.8, 4) is 17.1 Å². The van der Waals surface area contributed by atoms with Crippen LogP contribution in [-0.2, 0) is 0 Å². The number of nitrogens with one attached hydrogen (secondary N) is 2. The van der Waals surface area contributed by atoms with Crippen LogP contribution in [0, 0.1) is 4.77 Å². The van der Waals surface area contributed by atoms with Crippen molar-refractivity contribution in [1.29, 1.82) is 0 Å². The predicted octanol–water partition coefficient (Wildman–Crippen LogP) is 4.29. The van der Waals surface area contributed by atoms with E-state index in [0.29, 0.717) is 39.7 Å². The molecule has 2 N–H and O–H groups in total. The average molecular weight is 482 g/mol. The number of para-hydroxylation sites is 1. The number of anilines is 1. The van der Waals surface area contributed by atoms with Crippen LogP contribution >= 0.6 is 12.2 Å². The Morgan fingerprint density at radius 1 is 1.03 bits per heavy atom. The second-order valence-corrected chi connectivity index (χ2v) is 8.77. The number of aromatic amines is 1. The molecule has 2 heterocycles. The van der Waals surface area contributed by atoms with Crippen LogP contribution in [0.3, 0.4) is 0 Å². The van der Waals surface area contributed by atoms with Crippen LogP contribution < -0.4 is 10.9 Å². The standard InChI is InChI=1S/C25H19N7O2S/c33-23(26-17-6-4-5-15(13-17)22-28-29-30-32(22)19-10-11-19)16-9-12-20-21(14-16)27-25(35)31(24(20)34)18-7-2-1-3-8-18/h1-9,12-14,19H,10-11H2,(H,26,33)(H,27,35). The minimum absolute atomic E-state index is 0.247. The summed E-state index contributed by atoms with van der Waals surface area (Å²) in [5, 5.41) is 15.4. The van der Waals surface area contributed by atoms with Gasteiger partial charge in [-0.3, -0.25) is 14.2 Å². The first-order chi connectivity index (χ1) is 17.1. The Morgan fingerprint density at radius 2 is 1.86 bits per heavy atom. The van der Waals surface area contributed by atoms with Crippen molar-refractivity contribution >= 4 is 34.7 Å². The Labute approximate surface area is 204 Å². The van der Waals surface area contributed by atoms with E-state index < -0.39 is 0 Å². The Hall–Kier alpha value is -4.44. The monoisotopic (exact) mass is 481 g/mol. The molecule has 1 saturated carbocycles. The first kappa shape index (κ1) is 21.1. The van der Waals surface area contributed by atoms with E-state index in [1.807, 2.05) is 53.2 Å². The molecule has 6 rings (SSSR count). The predicted molar refractivity (Wildman–Crippen MR) is 134 cm³/mol. The summed E-state index contributed by atoms with van der Waals surface area (Å²) in [5.41, 5.74) is 2.76. The van der Waals surface area contributed by atoms with E-state index in [4.69, 9.17) is 12.2 Å². The Balaban J connectivity index is 1.30. The van der Waals surface area contributed by atoms with Gasteiger partial charge in [-0.15, -0.1) is 5.10 Å². The van der Waals surface area contributed by atoms with Crippen LogP contribution in [0.25, 0.3) is 28.0 Å². The van der Waals surface area contributed by atoms with Gasteiger partial charge >= 0.3 is 0 Å². The summed E-state index contributed by atoms with van der Waals surface area (Å²) in [6.45, 7) is 0. The fraction of sp³-hybridized carbons (Fsp3) is 0.120. The molecule has 0 aliphatic heterocycles. The molecule has 0 bridgehead atoms. The van der Waals surface area contributed by atoms with Crippen molar-refractivity contribution < 1.29 is 4.79 Å². The highest BCUT2D eigenvalue weighted by Crippen LogP contribution is 2.36. The molecule has 1 aliphatic carbocycles. The Bertz CT molecular complexity index is 1700. The van der Waals surface area contributed by atoms with Crippen molar-refractivity contribution in [3.05, 3.63) is 93.5 Å². The van der Waals surface area contributed by atoms with Gasteiger partial charge in [-0.05, 0) is 78.0 Å². The van der Waals surface area contributed by atoms with Gasteiger partial charge in [-0.2, -0.15) is 0 Å². The van der Waals surface area contributed by atoms with E-state index in [-0.39, 0.29) is 16.2 Å². The topological polar surface area (TPSA) is 110 Å². The van der Waals surface area contributed by atoms with Gasteiger partial charge in [0.05, 0.1) is 22.6 Å². The molecule has 0 atom stereocenters. The zero-order chi connectivity index (χ0) is 23.9. The summed E-state index contributed by atoms with van der Waals surface area (Å²) in [7, 11) is 0. The highest BCUT2D eigenvalue weighted by molar-refractivity contribution is 7.71. The number of carbonyl (C=O) groups is 1. The van der Waals surface area contributed by atoms with E-state index in [0.717, 1.165) is 18.4 Å². The third-order valence-electron chi connectivity index (χ3n) is 5.94. The molecule has 9 nitrogen and oxygen atoms in total. The van der Waals surface area contributed by atoms with Crippen molar-refractivity contribution in [2.45, 2.75) is 18.9 Å². The van der Waals surface area contributed by atoms with Crippen LogP contribution in [-0.4, -0.2) is 35.7 Å². The number of carbonyl (C=O) groups excluding carboxylic acids is 1. The van der Waals surface area contributed by atoms with Gasteiger partial charge in [0.25, 0.3) is 11.5 Å². The molecular weight excluding hydrogens is 462 g/mol. The first-order valence-electron chi connectivity index (χ1n) is 11.1. The number of benzene rings is 3. The fourth-order valence-corrected chi connectivity index (χ4v) is 4.36. The van der Waals surface area contributed by atoms with Crippen molar-refractivity contribution in [2.24, 2.45) is 0 Å². The normalized spacial score (nSPS) is 13.1. The number of aromatic nitrogens is 6. The van der Waals surface area contributed by atoms with Gasteiger partial charge < -0.3 is 10.3 Å². The molecule has 0 spiro atoms. The number of nitrogens with zero attached hydrogens (tertiary/aromatic N) is 5. The lowest BCUT2D eigenvalue weighted by molar-refractivity contribution is 0.102. The third-order valence-corrected chi connectivity index (χ3v) is 6.22. The number of fused-ring (bicyclic) bond motifs is 1. The van der Waals surface area contributed by atoms with Crippen LogP contribution in [0.15, 0.2) is 77.6 Å². The maximum absolute atomic E-state index is 13.1. The Morgan fingerprint density at radius 3 is 2.66 bits per heavy atom. The Kier molecular flexibility index (Phi) is 5.07. The van der Waals surface area contributed by atoms with Gasteiger partial charge in [0, 0.05) is 16.8 Å². The van der Waals surface area contributed by atoms with Gasteiger partial charge in [-0.1, -0.05) is 30.3 Å². The maximum atomic E-state index is 13.1. The lowest BCUT2D eigenvalue weighted by atomic mass is 10.1. The SMILES string of the molecule is O=C(Nc1cccc(-c2nnnn2C2CC2)c1)c1ccc2c(=O)n(-c3ccccc3)c(=S)[nH]c2c1. The summed E-state index contributed by atoms with van der Waals surface area (Å²) in [4.78, 5) is 29.2. The van der Waals surface area contributed by atoms with Crippen LogP contribution in [0.2, 0.25) is 0 Å². The molecule has 1 aliphatic rings. The number of amides is 1. The average Bonchev–Trinajstić information content (AvgIpc) is 3.60. The van der Waals surface area contributed by atoms with Crippen molar-refractivity contribution in [1.82, 2.24) is 29.8 Å². The minimum Gasteiger partial charge on any atom is -0.331 e. The van der Waals surface area contributed by atoms with E-state index >= 15 is 0 Å². The molecule has 10 heteroatoms. The number of H-pyrrole nitrogens is 1. The van der Waals surface area contributed by atoms with Gasteiger partial charge in [0.2, 0.25) is 0 Å². The fourth-order valence-electron chi connectivity index (χ4n) is 4.06. The smallest absolute Gasteiger partial charge is 0.266 e. The van der Waals surface area contributed by atoms with Gasteiger partial charge in [-0.25, -0.2) is 4.68 Å². The maximum Gasteiger partial charge on any atom is 0.266 e. The summed E-state index contributed by atoms with van der Waals surface area (Å²) in [6, 6.07) is 21.8.